The van der Waals surface area contributed by atoms with Crippen LogP contribution in [0.3, 0.4) is 0 Å². The first-order chi connectivity index (χ1) is 8.84. The fourth-order valence-electron chi connectivity index (χ4n) is 2.58. The quantitative estimate of drug-likeness (QED) is 0.826. The number of halogens is 1. The van der Waals surface area contributed by atoms with E-state index < -0.39 is 0 Å². The van der Waals surface area contributed by atoms with Crippen LogP contribution in [0.5, 0.6) is 0 Å². The Morgan fingerprint density at radius 3 is 2.56 bits per heavy atom. The molecule has 0 N–H and O–H groups in total. The van der Waals surface area contributed by atoms with Crippen LogP contribution in [0.4, 0.5) is 5.69 Å². The van der Waals surface area contributed by atoms with Gasteiger partial charge >= 0.3 is 0 Å². The van der Waals surface area contributed by atoms with Gasteiger partial charge in [0.2, 0.25) is 0 Å². The van der Waals surface area contributed by atoms with Crippen molar-refractivity contribution in [3.8, 4) is 0 Å². The van der Waals surface area contributed by atoms with E-state index in [-0.39, 0.29) is 0 Å². The maximum absolute atomic E-state index is 6.23. The summed E-state index contributed by atoms with van der Waals surface area (Å²) in [5.74, 6) is 0. The van der Waals surface area contributed by atoms with Gasteiger partial charge in [-0.1, -0.05) is 23.7 Å². The third-order valence-corrected chi connectivity index (χ3v) is 3.88. The average Bonchev–Trinajstić information content (AvgIpc) is 2.94. The van der Waals surface area contributed by atoms with E-state index in [2.05, 4.69) is 26.9 Å². The summed E-state index contributed by atoms with van der Waals surface area (Å²) in [5.41, 5.74) is 1.15. The first-order valence-electron chi connectivity index (χ1n) is 6.33. The molecule has 1 saturated heterocycles. The largest absolute Gasteiger partial charge is 0.370 e. The van der Waals surface area contributed by atoms with Crippen LogP contribution in [-0.4, -0.2) is 22.9 Å². The van der Waals surface area contributed by atoms with E-state index >= 15 is 0 Å². The number of benzene rings is 1. The van der Waals surface area contributed by atoms with Crippen molar-refractivity contribution in [1.29, 1.82) is 0 Å². The number of para-hydroxylation sites is 1. The number of aromatic nitrogens is 2. The van der Waals surface area contributed by atoms with E-state index in [1.54, 1.807) is 0 Å². The number of piperidine rings is 1. The van der Waals surface area contributed by atoms with Gasteiger partial charge in [-0.25, -0.2) is 0 Å². The van der Waals surface area contributed by atoms with Gasteiger partial charge in [-0.05, 0) is 31.0 Å². The lowest BCUT2D eigenvalue weighted by Crippen LogP contribution is -2.34. The average molecular weight is 262 g/mol. The lowest BCUT2D eigenvalue weighted by Gasteiger charge is -2.34. The van der Waals surface area contributed by atoms with Crippen molar-refractivity contribution in [2.75, 3.05) is 18.0 Å². The van der Waals surface area contributed by atoms with Gasteiger partial charge in [0.05, 0.1) is 16.8 Å². The summed E-state index contributed by atoms with van der Waals surface area (Å²) in [6.45, 7) is 2.07. The SMILES string of the molecule is Clc1ccccc1N1CCC(n2cccn2)CC1. The van der Waals surface area contributed by atoms with E-state index in [1.807, 2.05) is 30.5 Å². The number of rotatable bonds is 2. The zero-order valence-electron chi connectivity index (χ0n) is 10.2. The summed E-state index contributed by atoms with van der Waals surface area (Å²) in [7, 11) is 0. The van der Waals surface area contributed by atoms with Crippen LogP contribution in [0, 0.1) is 0 Å². The summed E-state index contributed by atoms with van der Waals surface area (Å²) in [6.07, 6.45) is 6.13. The van der Waals surface area contributed by atoms with Crippen molar-refractivity contribution in [1.82, 2.24) is 9.78 Å². The number of nitrogens with zero attached hydrogens (tertiary/aromatic N) is 3. The van der Waals surface area contributed by atoms with Gasteiger partial charge in [-0.2, -0.15) is 5.10 Å². The summed E-state index contributed by atoms with van der Waals surface area (Å²) in [4.78, 5) is 2.36. The topological polar surface area (TPSA) is 21.1 Å². The first-order valence-corrected chi connectivity index (χ1v) is 6.71. The Morgan fingerprint density at radius 2 is 1.89 bits per heavy atom. The maximum atomic E-state index is 6.23. The van der Waals surface area contributed by atoms with Crippen molar-refractivity contribution >= 4 is 17.3 Å². The molecule has 0 unspecified atom stereocenters. The fraction of sp³-hybridized carbons (Fsp3) is 0.357. The molecule has 0 atom stereocenters. The molecule has 1 aromatic heterocycles. The Bertz CT molecular complexity index is 502. The zero-order chi connectivity index (χ0) is 12.4. The lowest BCUT2D eigenvalue weighted by atomic mass is 10.0. The van der Waals surface area contributed by atoms with E-state index in [1.165, 1.54) is 0 Å². The minimum absolute atomic E-state index is 0.527. The van der Waals surface area contributed by atoms with Gasteiger partial charge in [0.15, 0.2) is 0 Å². The monoisotopic (exact) mass is 261 g/mol. The molecule has 0 saturated carbocycles. The van der Waals surface area contributed by atoms with Crippen molar-refractivity contribution in [2.45, 2.75) is 18.9 Å². The highest BCUT2D eigenvalue weighted by atomic mass is 35.5. The summed E-state index contributed by atoms with van der Waals surface area (Å²) < 4.78 is 2.07. The van der Waals surface area contributed by atoms with Crippen molar-refractivity contribution in [3.63, 3.8) is 0 Å². The third kappa shape index (κ3) is 2.23. The Labute approximate surface area is 112 Å². The molecule has 3 rings (SSSR count). The Balaban J connectivity index is 1.69. The number of anilines is 1. The number of hydrogen-bond acceptors (Lipinski definition) is 2. The first kappa shape index (κ1) is 11.6. The Hall–Kier alpha value is -1.48. The van der Waals surface area contributed by atoms with Crippen molar-refractivity contribution < 1.29 is 0 Å². The molecule has 94 valence electrons. The fourth-order valence-corrected chi connectivity index (χ4v) is 2.83. The predicted molar refractivity (Wildman–Crippen MR) is 74.2 cm³/mol. The van der Waals surface area contributed by atoms with E-state index in [0.717, 1.165) is 36.6 Å². The Kier molecular flexibility index (Phi) is 3.24. The van der Waals surface area contributed by atoms with Gasteiger partial charge in [0, 0.05) is 25.5 Å². The van der Waals surface area contributed by atoms with Gasteiger partial charge in [0.25, 0.3) is 0 Å². The zero-order valence-corrected chi connectivity index (χ0v) is 10.9. The predicted octanol–water partition coefficient (Wildman–Crippen LogP) is 3.38. The highest BCUT2D eigenvalue weighted by molar-refractivity contribution is 6.33. The molecule has 0 spiro atoms. The van der Waals surface area contributed by atoms with Crippen molar-refractivity contribution in [2.24, 2.45) is 0 Å². The normalized spacial score (nSPS) is 17.1. The molecule has 18 heavy (non-hydrogen) atoms. The minimum atomic E-state index is 0.527. The van der Waals surface area contributed by atoms with Gasteiger partial charge in [-0.3, -0.25) is 4.68 Å². The van der Waals surface area contributed by atoms with Crippen LogP contribution < -0.4 is 4.90 Å². The van der Waals surface area contributed by atoms with Gasteiger partial charge in [-0.15, -0.1) is 0 Å². The van der Waals surface area contributed by atoms with Crippen LogP contribution in [0.2, 0.25) is 5.02 Å². The molecule has 2 aromatic rings. The second kappa shape index (κ2) is 5.02. The third-order valence-electron chi connectivity index (χ3n) is 3.56. The van der Waals surface area contributed by atoms with Crippen LogP contribution >= 0.6 is 11.6 Å². The van der Waals surface area contributed by atoms with Gasteiger partial charge in [0.1, 0.15) is 0 Å². The second-order valence-corrected chi connectivity index (χ2v) is 5.06. The van der Waals surface area contributed by atoms with E-state index in [9.17, 15) is 0 Å². The number of hydrogen-bond donors (Lipinski definition) is 0. The Morgan fingerprint density at radius 1 is 1.11 bits per heavy atom. The lowest BCUT2D eigenvalue weighted by molar-refractivity contribution is 0.367. The molecule has 0 radical (unpaired) electrons. The smallest absolute Gasteiger partial charge is 0.0639 e. The maximum Gasteiger partial charge on any atom is 0.0639 e. The second-order valence-electron chi connectivity index (χ2n) is 4.66. The molecule has 1 aromatic carbocycles. The highest BCUT2D eigenvalue weighted by Gasteiger charge is 2.21. The molecule has 0 aliphatic carbocycles. The molecule has 3 nitrogen and oxygen atoms in total. The summed E-state index contributed by atoms with van der Waals surface area (Å²) in [5, 5.41) is 5.17. The summed E-state index contributed by atoms with van der Waals surface area (Å²) >= 11 is 6.23. The molecule has 1 fully saturated rings. The van der Waals surface area contributed by atoms with Crippen molar-refractivity contribution in [3.05, 3.63) is 47.7 Å². The van der Waals surface area contributed by atoms with Gasteiger partial charge < -0.3 is 4.90 Å². The highest BCUT2D eigenvalue weighted by Crippen LogP contribution is 2.30. The minimum Gasteiger partial charge on any atom is -0.370 e. The molecule has 1 aliphatic heterocycles. The van der Waals surface area contributed by atoms with Crippen LogP contribution in [0.15, 0.2) is 42.7 Å². The standard InChI is InChI=1S/C14H16ClN3/c15-13-4-1-2-5-14(13)17-10-6-12(7-11-17)18-9-3-8-16-18/h1-5,8-9,12H,6-7,10-11H2. The van der Waals surface area contributed by atoms with Crippen LogP contribution in [0.25, 0.3) is 0 Å². The van der Waals surface area contributed by atoms with Crippen LogP contribution in [-0.2, 0) is 0 Å². The molecule has 2 heterocycles. The van der Waals surface area contributed by atoms with Crippen LogP contribution in [0.1, 0.15) is 18.9 Å². The molecule has 0 bridgehead atoms. The van der Waals surface area contributed by atoms with E-state index in [4.69, 9.17) is 11.6 Å². The molecular weight excluding hydrogens is 246 g/mol. The molecular formula is C14H16ClN3. The molecule has 0 amide bonds. The molecule has 1 aliphatic rings. The van der Waals surface area contributed by atoms with E-state index in [0.29, 0.717) is 6.04 Å². The summed E-state index contributed by atoms with van der Waals surface area (Å²) in [6, 6.07) is 10.6. The molecule has 4 heteroatoms.